The Morgan fingerprint density at radius 2 is 1.62 bits per heavy atom. The number of rotatable bonds is 6. The Morgan fingerprint density at radius 1 is 1.03 bits per heavy atom. The SMILES string of the molecule is Cc1cc(C=Cc2nc(C(Cl)(Cl)Cl)nc(C(Cl)(Cl)Cl)n2)ccc1OCCC(=O)O. The maximum absolute atomic E-state index is 10.6. The quantitative estimate of drug-likeness (QED) is 0.481. The van der Waals surface area contributed by atoms with Crippen LogP contribution in [0.15, 0.2) is 18.2 Å². The zero-order chi connectivity index (χ0) is 21.8. The van der Waals surface area contributed by atoms with Crippen molar-refractivity contribution in [3.63, 3.8) is 0 Å². The van der Waals surface area contributed by atoms with Crippen LogP contribution in [0.25, 0.3) is 12.2 Å². The average molecular weight is 520 g/mol. The summed E-state index contributed by atoms with van der Waals surface area (Å²) < 4.78 is 1.59. The molecule has 1 aromatic heterocycles. The zero-order valence-corrected chi connectivity index (χ0v) is 19.2. The Labute approximate surface area is 196 Å². The van der Waals surface area contributed by atoms with E-state index in [9.17, 15) is 4.79 Å². The Balaban J connectivity index is 2.26. The zero-order valence-electron chi connectivity index (χ0n) is 14.7. The molecule has 0 saturated carbocycles. The second kappa shape index (κ2) is 9.86. The van der Waals surface area contributed by atoms with Crippen LogP contribution in [0.5, 0.6) is 5.75 Å². The summed E-state index contributed by atoms with van der Waals surface area (Å²) in [7, 11) is 0. The normalized spacial score (nSPS) is 12.4. The molecule has 0 atom stereocenters. The number of carboxylic acids is 1. The molecule has 2 rings (SSSR count). The molecule has 0 aliphatic heterocycles. The van der Waals surface area contributed by atoms with Crippen LogP contribution in [0.2, 0.25) is 0 Å². The molecular formula is C17H13Cl6N3O3. The van der Waals surface area contributed by atoms with Gasteiger partial charge in [0.25, 0.3) is 0 Å². The molecule has 0 aliphatic carbocycles. The Bertz CT molecular complexity index is 893. The minimum absolute atomic E-state index is 0.0792. The molecule has 29 heavy (non-hydrogen) atoms. The molecular weight excluding hydrogens is 507 g/mol. The number of benzene rings is 1. The lowest BCUT2D eigenvalue weighted by molar-refractivity contribution is -0.137. The van der Waals surface area contributed by atoms with E-state index in [1.54, 1.807) is 24.3 Å². The van der Waals surface area contributed by atoms with E-state index in [0.29, 0.717) is 5.75 Å². The maximum atomic E-state index is 10.6. The topological polar surface area (TPSA) is 85.2 Å². The molecule has 6 nitrogen and oxygen atoms in total. The van der Waals surface area contributed by atoms with Crippen LogP contribution >= 0.6 is 69.6 Å². The summed E-state index contributed by atoms with van der Waals surface area (Å²) in [5.74, 6) is -0.584. The minimum atomic E-state index is -1.93. The van der Waals surface area contributed by atoms with Gasteiger partial charge in [0, 0.05) is 0 Å². The summed E-state index contributed by atoms with van der Waals surface area (Å²) in [5.41, 5.74) is 1.61. The third kappa shape index (κ3) is 7.63. The van der Waals surface area contributed by atoms with Crippen LogP contribution in [0.4, 0.5) is 0 Å². The largest absolute Gasteiger partial charge is 0.493 e. The Hall–Kier alpha value is -1.02. The highest BCUT2D eigenvalue weighted by atomic mass is 35.6. The predicted molar refractivity (Wildman–Crippen MR) is 116 cm³/mol. The first-order valence-corrected chi connectivity index (χ1v) is 10.2. The number of aryl methyl sites for hydroxylation is 1. The van der Waals surface area contributed by atoms with Gasteiger partial charge in [0.1, 0.15) is 5.75 Å². The summed E-state index contributed by atoms with van der Waals surface area (Å²) in [6.07, 6.45) is 3.16. The van der Waals surface area contributed by atoms with E-state index in [2.05, 4.69) is 15.0 Å². The lowest BCUT2D eigenvalue weighted by Gasteiger charge is -2.14. The third-order valence-electron chi connectivity index (χ3n) is 3.36. The number of aromatic nitrogens is 3. The highest BCUT2D eigenvalue weighted by molar-refractivity contribution is 6.67. The lowest BCUT2D eigenvalue weighted by atomic mass is 10.1. The number of hydrogen-bond acceptors (Lipinski definition) is 5. The molecule has 0 aliphatic rings. The molecule has 0 amide bonds. The number of aliphatic carboxylic acids is 1. The van der Waals surface area contributed by atoms with Gasteiger partial charge in [0.2, 0.25) is 7.59 Å². The fourth-order valence-corrected chi connectivity index (χ4v) is 2.58. The monoisotopic (exact) mass is 517 g/mol. The van der Waals surface area contributed by atoms with Crippen molar-refractivity contribution < 1.29 is 14.6 Å². The summed E-state index contributed by atoms with van der Waals surface area (Å²) in [6, 6.07) is 5.33. The van der Waals surface area contributed by atoms with E-state index >= 15 is 0 Å². The number of alkyl halides is 6. The van der Waals surface area contributed by atoms with Crippen LogP contribution < -0.4 is 4.74 Å². The summed E-state index contributed by atoms with van der Waals surface area (Å²) in [4.78, 5) is 22.6. The minimum Gasteiger partial charge on any atom is -0.493 e. The van der Waals surface area contributed by atoms with Crippen LogP contribution in [-0.2, 0) is 12.4 Å². The fraction of sp³-hybridized carbons (Fsp3) is 0.294. The third-order valence-corrected chi connectivity index (χ3v) is 4.37. The van der Waals surface area contributed by atoms with E-state index in [1.807, 2.05) is 13.0 Å². The molecule has 0 bridgehead atoms. The van der Waals surface area contributed by atoms with Gasteiger partial charge in [0.05, 0.1) is 13.0 Å². The predicted octanol–water partition coefficient (Wildman–Crippen LogP) is 5.86. The molecule has 0 fully saturated rings. The molecule has 1 N–H and O–H groups in total. The molecule has 0 unspecified atom stereocenters. The Kier molecular flexibility index (Phi) is 8.24. The van der Waals surface area contributed by atoms with Crippen molar-refractivity contribution in [3.8, 4) is 5.75 Å². The standard InChI is InChI=1S/C17H13Cl6N3O3/c1-9-8-10(2-4-11(9)29-7-6-13(27)28)3-5-12-24-14(16(18,19)20)26-15(25-12)17(21,22)23/h2-5,8H,6-7H2,1H3,(H,27,28). The summed E-state index contributed by atoms with van der Waals surface area (Å²) >= 11 is 35.1. The molecule has 0 saturated heterocycles. The first-order valence-electron chi connectivity index (χ1n) is 7.90. The van der Waals surface area contributed by atoms with Crippen molar-refractivity contribution in [3.05, 3.63) is 46.8 Å². The second-order valence-electron chi connectivity index (χ2n) is 5.69. The van der Waals surface area contributed by atoms with Gasteiger partial charge < -0.3 is 9.84 Å². The number of carboxylic acid groups (broad SMARTS) is 1. The van der Waals surface area contributed by atoms with Crippen molar-refractivity contribution in [2.24, 2.45) is 0 Å². The average Bonchev–Trinajstić information content (AvgIpc) is 2.59. The molecule has 0 radical (unpaired) electrons. The van der Waals surface area contributed by atoms with Crippen LogP contribution in [-0.4, -0.2) is 32.6 Å². The maximum Gasteiger partial charge on any atom is 0.306 e. The van der Waals surface area contributed by atoms with Gasteiger partial charge in [-0.1, -0.05) is 81.7 Å². The second-order valence-corrected chi connectivity index (χ2v) is 10.2. The van der Waals surface area contributed by atoms with Gasteiger partial charge in [-0.05, 0) is 36.3 Å². The number of hydrogen-bond donors (Lipinski definition) is 1. The van der Waals surface area contributed by atoms with Gasteiger partial charge in [-0.3, -0.25) is 4.79 Å². The first kappa shape index (κ1) is 24.3. The molecule has 0 spiro atoms. The molecule has 2 aromatic rings. The Morgan fingerprint density at radius 3 is 2.10 bits per heavy atom. The lowest BCUT2D eigenvalue weighted by Crippen LogP contribution is -2.16. The van der Waals surface area contributed by atoms with Crippen molar-refractivity contribution in [2.75, 3.05) is 6.61 Å². The van der Waals surface area contributed by atoms with Crippen LogP contribution in [0.3, 0.4) is 0 Å². The van der Waals surface area contributed by atoms with Crippen molar-refractivity contribution in [2.45, 2.75) is 20.9 Å². The van der Waals surface area contributed by atoms with Gasteiger partial charge in [0.15, 0.2) is 17.5 Å². The van der Waals surface area contributed by atoms with Crippen molar-refractivity contribution in [1.82, 2.24) is 15.0 Å². The first-order chi connectivity index (χ1) is 13.4. The molecule has 1 aromatic carbocycles. The summed E-state index contributed by atoms with van der Waals surface area (Å²) in [6.45, 7) is 1.91. The molecule has 12 heteroatoms. The number of nitrogens with zero attached hydrogens (tertiary/aromatic N) is 3. The van der Waals surface area contributed by atoms with Crippen LogP contribution in [0.1, 0.15) is 35.0 Å². The highest BCUT2D eigenvalue weighted by Crippen LogP contribution is 2.40. The van der Waals surface area contributed by atoms with Crippen LogP contribution in [0, 0.1) is 6.92 Å². The van der Waals surface area contributed by atoms with Gasteiger partial charge in [-0.25, -0.2) is 15.0 Å². The van der Waals surface area contributed by atoms with E-state index < -0.39 is 13.6 Å². The van der Waals surface area contributed by atoms with E-state index in [4.69, 9.17) is 79.4 Å². The van der Waals surface area contributed by atoms with Crippen molar-refractivity contribution in [1.29, 1.82) is 0 Å². The highest BCUT2D eigenvalue weighted by Gasteiger charge is 2.33. The number of ether oxygens (including phenoxy) is 1. The number of halogens is 6. The fourth-order valence-electron chi connectivity index (χ4n) is 2.08. The van der Waals surface area contributed by atoms with E-state index in [0.717, 1.165) is 11.1 Å². The smallest absolute Gasteiger partial charge is 0.306 e. The van der Waals surface area contributed by atoms with Gasteiger partial charge in [-0.2, -0.15) is 0 Å². The summed E-state index contributed by atoms with van der Waals surface area (Å²) in [5, 5.41) is 8.67. The van der Waals surface area contributed by atoms with Crippen molar-refractivity contribution >= 4 is 87.7 Å². The molecule has 1 heterocycles. The van der Waals surface area contributed by atoms with Gasteiger partial charge >= 0.3 is 5.97 Å². The van der Waals surface area contributed by atoms with E-state index in [1.165, 1.54) is 0 Å². The number of carbonyl (C=O) groups is 1. The molecule has 156 valence electrons. The van der Waals surface area contributed by atoms with E-state index in [-0.39, 0.29) is 30.5 Å². The van der Waals surface area contributed by atoms with Gasteiger partial charge in [-0.15, -0.1) is 0 Å².